The van der Waals surface area contributed by atoms with Gasteiger partial charge in [0.1, 0.15) is 0 Å². The number of nitrogens with zero attached hydrogens (tertiary/aromatic N) is 1. The molecule has 1 aliphatic heterocycles. The van der Waals surface area contributed by atoms with E-state index < -0.39 is 11.6 Å². The van der Waals surface area contributed by atoms with Crippen LogP contribution in [0.5, 0.6) is 0 Å². The molecule has 0 spiro atoms. The first-order valence-electron chi connectivity index (χ1n) is 2.09. The zero-order valence-corrected chi connectivity index (χ0v) is 4.00. The number of carbonyl (C=O) groups excluding carboxylic acids is 2. The van der Waals surface area contributed by atoms with Crippen LogP contribution in [0.3, 0.4) is 0 Å². The maximum absolute atomic E-state index is 10.3. The van der Waals surface area contributed by atoms with Crippen LogP contribution in [-0.4, -0.2) is 17.8 Å². The summed E-state index contributed by atoms with van der Waals surface area (Å²) in [5.41, 5.74) is 0. The van der Waals surface area contributed by atoms with Gasteiger partial charge in [0.15, 0.2) is 0 Å². The lowest BCUT2D eigenvalue weighted by molar-refractivity contribution is -0.129. The van der Waals surface area contributed by atoms with Crippen molar-refractivity contribution < 1.29 is 9.59 Å². The van der Waals surface area contributed by atoms with Gasteiger partial charge in [-0.2, -0.15) is 0 Å². The molecule has 8 heavy (non-hydrogen) atoms. The zero-order valence-electron chi connectivity index (χ0n) is 4.00. The van der Waals surface area contributed by atoms with Crippen LogP contribution in [0, 0.1) is 0 Å². The number of carbonyl (C=O) groups is 2. The van der Waals surface area contributed by atoms with Crippen LogP contribution in [0.4, 0.5) is 0 Å². The van der Waals surface area contributed by atoms with Gasteiger partial charge in [-0.05, 0) is 0 Å². The first-order valence-corrected chi connectivity index (χ1v) is 2.09. The fraction of sp³-hybridized carbons (Fsp3) is 0. The molecule has 0 aliphatic carbocycles. The number of aliphatic imine (C=N–C) groups is 1. The van der Waals surface area contributed by atoms with Gasteiger partial charge in [0.2, 0.25) is 11.6 Å². The third-order valence-corrected chi connectivity index (χ3v) is 0.747. The largest absolute Gasteiger partial charge is 0.285 e. The Kier molecular flexibility index (Phi) is 1.04. The maximum Gasteiger partial charge on any atom is 0.243 e. The van der Waals surface area contributed by atoms with Gasteiger partial charge in [0.05, 0.1) is 6.21 Å². The molecule has 0 radical (unpaired) electrons. The van der Waals surface area contributed by atoms with Crippen molar-refractivity contribution in [3.63, 3.8) is 0 Å². The molecule has 0 aromatic carbocycles. The highest BCUT2D eigenvalue weighted by Gasteiger charge is 2.07. The number of rotatable bonds is 0. The Morgan fingerprint density at radius 1 is 1.25 bits per heavy atom. The molecule has 3 heteroatoms. The van der Waals surface area contributed by atoms with Crippen molar-refractivity contribution >= 4 is 17.8 Å². The summed E-state index contributed by atoms with van der Waals surface area (Å²) in [5.74, 6) is -1.05. The molecule has 1 rings (SSSR count). The van der Waals surface area contributed by atoms with Gasteiger partial charge in [0.25, 0.3) is 0 Å². The van der Waals surface area contributed by atoms with Crippen molar-refractivity contribution in [2.24, 2.45) is 4.99 Å². The Hall–Kier alpha value is -1.25. The fourth-order valence-electron chi connectivity index (χ4n) is 0.367. The van der Waals surface area contributed by atoms with Crippen molar-refractivity contribution in [1.82, 2.24) is 0 Å². The second kappa shape index (κ2) is 1.69. The normalized spacial score (nSPS) is 17.5. The van der Waals surface area contributed by atoms with E-state index in [0.717, 1.165) is 12.3 Å². The van der Waals surface area contributed by atoms with Crippen LogP contribution in [0.1, 0.15) is 0 Å². The Morgan fingerprint density at radius 3 is 2.38 bits per heavy atom. The van der Waals surface area contributed by atoms with E-state index in [1.807, 2.05) is 0 Å². The van der Waals surface area contributed by atoms with Gasteiger partial charge >= 0.3 is 0 Å². The molecule has 0 fully saturated rings. The van der Waals surface area contributed by atoms with Crippen LogP contribution >= 0.6 is 0 Å². The van der Waals surface area contributed by atoms with E-state index in [4.69, 9.17) is 0 Å². The predicted octanol–water partition coefficient (Wildman–Crippen LogP) is -0.277. The molecular formula is C5H3NO2. The summed E-state index contributed by atoms with van der Waals surface area (Å²) >= 11 is 0. The number of hydrogen-bond donors (Lipinski definition) is 0. The van der Waals surface area contributed by atoms with Gasteiger partial charge < -0.3 is 0 Å². The molecule has 0 amide bonds. The summed E-state index contributed by atoms with van der Waals surface area (Å²) in [5, 5.41) is 0. The van der Waals surface area contributed by atoms with Gasteiger partial charge in [-0.3, -0.25) is 14.6 Å². The van der Waals surface area contributed by atoms with E-state index in [9.17, 15) is 9.59 Å². The van der Waals surface area contributed by atoms with Gasteiger partial charge in [0, 0.05) is 12.3 Å². The number of hydrogen-bond acceptors (Lipinski definition) is 3. The van der Waals surface area contributed by atoms with Gasteiger partial charge in [-0.1, -0.05) is 0 Å². The number of Topliss-reactive ketones (excluding diaryl/α,β-unsaturated/α-hetero) is 1. The summed E-state index contributed by atoms with van der Waals surface area (Å²) in [6.07, 6.45) is 3.44. The van der Waals surface area contributed by atoms with Crippen LogP contribution in [0.25, 0.3) is 0 Å². The molecule has 0 aromatic rings. The molecule has 0 saturated carbocycles. The molecule has 3 nitrogen and oxygen atoms in total. The van der Waals surface area contributed by atoms with E-state index in [0.29, 0.717) is 0 Å². The standard InChI is InChI=1S/C5H3NO2/c7-4-1-2-6-3-5(4)8/h1-3H. The molecule has 0 unspecified atom stereocenters. The number of allylic oxidation sites excluding steroid dienone is 1. The average molecular weight is 109 g/mol. The molecule has 0 aromatic heterocycles. The summed E-state index contributed by atoms with van der Waals surface area (Å²) < 4.78 is 0. The first-order chi connectivity index (χ1) is 3.80. The van der Waals surface area contributed by atoms with E-state index in [1.165, 1.54) is 6.20 Å². The van der Waals surface area contributed by atoms with Crippen LogP contribution in [-0.2, 0) is 9.59 Å². The van der Waals surface area contributed by atoms with Crippen LogP contribution in [0.15, 0.2) is 17.3 Å². The van der Waals surface area contributed by atoms with Crippen molar-refractivity contribution in [2.45, 2.75) is 0 Å². The summed E-state index contributed by atoms with van der Waals surface area (Å²) in [4.78, 5) is 23.9. The monoisotopic (exact) mass is 109 g/mol. The van der Waals surface area contributed by atoms with Crippen molar-refractivity contribution in [3.05, 3.63) is 12.3 Å². The predicted molar refractivity (Wildman–Crippen MR) is 27.6 cm³/mol. The summed E-state index contributed by atoms with van der Waals surface area (Å²) in [6.45, 7) is 0. The lowest BCUT2D eigenvalue weighted by Crippen LogP contribution is -2.13. The highest BCUT2D eigenvalue weighted by molar-refractivity contribution is 6.62. The molecule has 0 bridgehead atoms. The van der Waals surface area contributed by atoms with Crippen LogP contribution < -0.4 is 0 Å². The maximum atomic E-state index is 10.3. The highest BCUT2D eigenvalue weighted by Crippen LogP contribution is 1.85. The molecule has 0 N–H and O–H groups in total. The molecule has 0 atom stereocenters. The van der Waals surface area contributed by atoms with E-state index >= 15 is 0 Å². The van der Waals surface area contributed by atoms with Crippen molar-refractivity contribution in [2.75, 3.05) is 0 Å². The van der Waals surface area contributed by atoms with Crippen LogP contribution in [0.2, 0.25) is 0 Å². The molecule has 1 heterocycles. The first kappa shape index (κ1) is 4.90. The Balaban J connectivity index is 2.89. The molecule has 0 saturated heterocycles. The van der Waals surface area contributed by atoms with E-state index in [-0.39, 0.29) is 0 Å². The third kappa shape index (κ3) is 0.703. The second-order valence-electron chi connectivity index (χ2n) is 1.32. The molecule has 40 valence electrons. The SMILES string of the molecule is O=C1C=CN=CC1=O. The van der Waals surface area contributed by atoms with Crippen molar-refractivity contribution in [1.29, 1.82) is 0 Å². The topological polar surface area (TPSA) is 46.5 Å². The van der Waals surface area contributed by atoms with Gasteiger partial charge in [-0.25, -0.2) is 0 Å². The minimum absolute atomic E-state index is 0.500. The highest BCUT2D eigenvalue weighted by atomic mass is 16.2. The third-order valence-electron chi connectivity index (χ3n) is 0.747. The summed E-state index contributed by atoms with van der Waals surface area (Å²) in [6, 6.07) is 0. The smallest absolute Gasteiger partial charge is 0.243 e. The minimum atomic E-state index is -0.549. The Labute approximate surface area is 45.7 Å². The van der Waals surface area contributed by atoms with Gasteiger partial charge in [-0.15, -0.1) is 0 Å². The van der Waals surface area contributed by atoms with Crippen molar-refractivity contribution in [3.8, 4) is 0 Å². The minimum Gasteiger partial charge on any atom is -0.285 e. The Bertz CT molecular complexity index is 169. The summed E-state index contributed by atoms with van der Waals surface area (Å²) in [7, 11) is 0. The zero-order chi connectivity index (χ0) is 5.98. The fourth-order valence-corrected chi connectivity index (χ4v) is 0.367. The average Bonchev–Trinajstić information content (AvgIpc) is 1.77. The quantitative estimate of drug-likeness (QED) is 0.402. The molecular weight excluding hydrogens is 106 g/mol. The molecule has 1 aliphatic rings. The number of ketones is 2. The lowest BCUT2D eigenvalue weighted by atomic mass is 10.2. The Morgan fingerprint density at radius 2 is 2.00 bits per heavy atom. The second-order valence-corrected chi connectivity index (χ2v) is 1.32. The van der Waals surface area contributed by atoms with E-state index in [1.54, 1.807) is 0 Å². The van der Waals surface area contributed by atoms with E-state index in [2.05, 4.69) is 4.99 Å². The lowest BCUT2D eigenvalue weighted by Gasteiger charge is -1.87.